The van der Waals surface area contributed by atoms with Gasteiger partial charge in [-0.25, -0.2) is 9.67 Å². The molecule has 140 valence electrons. The molecule has 1 aromatic carbocycles. The van der Waals surface area contributed by atoms with Crippen molar-refractivity contribution in [2.75, 3.05) is 0 Å². The van der Waals surface area contributed by atoms with Crippen molar-refractivity contribution in [3.63, 3.8) is 0 Å². The number of rotatable bonds is 6. The van der Waals surface area contributed by atoms with Gasteiger partial charge in [-0.05, 0) is 24.5 Å². The number of amides is 1. The maximum absolute atomic E-state index is 12.9. The van der Waals surface area contributed by atoms with Gasteiger partial charge < -0.3 is 5.32 Å². The number of hydrogen-bond donors (Lipinski definition) is 2. The summed E-state index contributed by atoms with van der Waals surface area (Å²) in [5, 5.41) is 15.0. The lowest BCUT2D eigenvalue weighted by Crippen LogP contribution is -2.23. The first-order chi connectivity index (χ1) is 13.8. The number of H-pyrrole nitrogens is 1. The molecule has 3 heterocycles. The summed E-state index contributed by atoms with van der Waals surface area (Å²) in [6.07, 6.45) is 7.48. The second-order valence-electron chi connectivity index (χ2n) is 7.18. The van der Waals surface area contributed by atoms with Gasteiger partial charge in [-0.3, -0.25) is 9.89 Å². The molecule has 1 aliphatic carbocycles. The van der Waals surface area contributed by atoms with Crippen LogP contribution >= 0.6 is 0 Å². The number of hydrogen-bond acceptors (Lipinski definition) is 4. The number of nitrogens with one attached hydrogen (secondary N) is 2. The van der Waals surface area contributed by atoms with E-state index in [1.54, 1.807) is 18.6 Å². The number of aromatic amines is 1. The van der Waals surface area contributed by atoms with Gasteiger partial charge in [0.1, 0.15) is 0 Å². The average molecular weight is 372 g/mol. The van der Waals surface area contributed by atoms with E-state index in [9.17, 15) is 4.79 Å². The van der Waals surface area contributed by atoms with Crippen LogP contribution in [0.25, 0.3) is 11.0 Å². The normalized spacial score (nSPS) is 13.7. The third kappa shape index (κ3) is 3.26. The second kappa shape index (κ2) is 6.92. The number of fused-ring (bicyclic) bond motifs is 1. The molecular weight excluding hydrogens is 352 g/mol. The van der Waals surface area contributed by atoms with Gasteiger partial charge in [-0.15, -0.1) is 0 Å². The zero-order valence-electron chi connectivity index (χ0n) is 15.3. The Balaban J connectivity index is 1.50. The molecule has 2 N–H and O–H groups in total. The second-order valence-corrected chi connectivity index (χ2v) is 7.18. The molecule has 1 fully saturated rings. The number of pyridine rings is 1. The molecule has 0 bridgehead atoms. The van der Waals surface area contributed by atoms with Crippen LogP contribution in [-0.2, 0) is 13.1 Å². The minimum absolute atomic E-state index is 0.116. The van der Waals surface area contributed by atoms with Gasteiger partial charge in [0.2, 0.25) is 0 Å². The highest BCUT2D eigenvalue weighted by Crippen LogP contribution is 2.40. The quantitative estimate of drug-likeness (QED) is 0.544. The van der Waals surface area contributed by atoms with Crippen LogP contribution in [0.4, 0.5) is 0 Å². The van der Waals surface area contributed by atoms with Crippen molar-refractivity contribution in [2.45, 2.75) is 31.8 Å². The first-order valence-corrected chi connectivity index (χ1v) is 9.44. The molecule has 0 aliphatic heterocycles. The molecule has 5 rings (SSSR count). The van der Waals surface area contributed by atoms with Crippen molar-refractivity contribution in [2.24, 2.45) is 0 Å². The van der Waals surface area contributed by atoms with Crippen molar-refractivity contribution >= 4 is 16.9 Å². The Morgan fingerprint density at radius 2 is 2.04 bits per heavy atom. The SMILES string of the molecule is O=C(NCc1cn[nH]c1)c1cc(C2CC2)nc2c1cnn2Cc1ccccc1. The first kappa shape index (κ1) is 16.7. The monoisotopic (exact) mass is 372 g/mol. The Morgan fingerprint density at radius 1 is 1.18 bits per heavy atom. The topological polar surface area (TPSA) is 88.5 Å². The molecule has 7 nitrogen and oxygen atoms in total. The van der Waals surface area contributed by atoms with Gasteiger partial charge >= 0.3 is 0 Å². The third-order valence-electron chi connectivity index (χ3n) is 5.05. The summed E-state index contributed by atoms with van der Waals surface area (Å²) in [6, 6.07) is 12.1. The Labute approximate surface area is 161 Å². The molecule has 0 saturated heterocycles. The summed E-state index contributed by atoms with van der Waals surface area (Å²) in [6.45, 7) is 1.05. The van der Waals surface area contributed by atoms with Crippen LogP contribution in [0.3, 0.4) is 0 Å². The van der Waals surface area contributed by atoms with Crippen LogP contribution in [0.2, 0.25) is 0 Å². The smallest absolute Gasteiger partial charge is 0.252 e. The minimum atomic E-state index is -0.116. The van der Waals surface area contributed by atoms with Crippen LogP contribution < -0.4 is 5.32 Å². The minimum Gasteiger partial charge on any atom is -0.348 e. The van der Waals surface area contributed by atoms with E-state index in [4.69, 9.17) is 4.98 Å². The zero-order valence-corrected chi connectivity index (χ0v) is 15.3. The predicted octanol–water partition coefficient (Wildman–Crippen LogP) is 3.01. The zero-order chi connectivity index (χ0) is 18.9. The van der Waals surface area contributed by atoms with E-state index in [0.29, 0.717) is 24.6 Å². The summed E-state index contributed by atoms with van der Waals surface area (Å²) in [5.74, 6) is 0.333. The highest BCUT2D eigenvalue weighted by atomic mass is 16.1. The molecule has 0 atom stereocenters. The van der Waals surface area contributed by atoms with E-state index in [2.05, 4.69) is 32.7 Å². The number of nitrogens with zero attached hydrogens (tertiary/aromatic N) is 4. The molecule has 7 heteroatoms. The van der Waals surface area contributed by atoms with Crippen LogP contribution in [0.1, 0.15) is 45.9 Å². The molecule has 1 amide bonds. The van der Waals surface area contributed by atoms with Crippen molar-refractivity contribution in [1.29, 1.82) is 0 Å². The standard InChI is InChI=1S/C21H20N6O/c28-21(22-9-15-10-23-24-11-15)17-8-19(16-6-7-16)26-20-18(17)12-25-27(20)13-14-4-2-1-3-5-14/h1-5,8,10-12,16H,6-7,9,13H2,(H,22,28)(H,23,24). The molecule has 0 unspecified atom stereocenters. The van der Waals surface area contributed by atoms with E-state index in [1.807, 2.05) is 28.9 Å². The van der Waals surface area contributed by atoms with Gasteiger partial charge in [0, 0.05) is 29.9 Å². The maximum atomic E-state index is 12.9. The first-order valence-electron chi connectivity index (χ1n) is 9.44. The highest BCUT2D eigenvalue weighted by Gasteiger charge is 2.28. The van der Waals surface area contributed by atoms with E-state index in [0.717, 1.165) is 40.7 Å². The molecule has 28 heavy (non-hydrogen) atoms. The van der Waals surface area contributed by atoms with E-state index >= 15 is 0 Å². The maximum Gasteiger partial charge on any atom is 0.252 e. The lowest BCUT2D eigenvalue weighted by molar-refractivity contribution is 0.0952. The molecule has 0 radical (unpaired) electrons. The van der Waals surface area contributed by atoms with Crippen molar-refractivity contribution < 1.29 is 4.79 Å². The summed E-state index contributed by atoms with van der Waals surface area (Å²) >= 11 is 0. The van der Waals surface area contributed by atoms with E-state index in [-0.39, 0.29) is 5.91 Å². The Bertz CT molecular complexity index is 1110. The Kier molecular flexibility index (Phi) is 4.12. The van der Waals surface area contributed by atoms with E-state index in [1.165, 1.54) is 0 Å². The number of carbonyl (C=O) groups excluding carboxylic acids is 1. The Hall–Kier alpha value is -3.48. The van der Waals surface area contributed by atoms with Crippen LogP contribution in [0.5, 0.6) is 0 Å². The fraction of sp³-hybridized carbons (Fsp3) is 0.238. The molecule has 1 saturated carbocycles. The number of carbonyl (C=O) groups is 1. The lowest BCUT2D eigenvalue weighted by atomic mass is 10.1. The molecule has 0 spiro atoms. The number of aromatic nitrogens is 5. The average Bonchev–Trinajstić information content (AvgIpc) is 3.30. The molecule has 3 aromatic heterocycles. The fourth-order valence-electron chi connectivity index (χ4n) is 3.37. The van der Waals surface area contributed by atoms with E-state index < -0.39 is 0 Å². The molecule has 1 aliphatic rings. The highest BCUT2D eigenvalue weighted by molar-refractivity contribution is 6.05. The summed E-state index contributed by atoms with van der Waals surface area (Å²) in [7, 11) is 0. The Morgan fingerprint density at radius 3 is 2.79 bits per heavy atom. The van der Waals surface area contributed by atoms with Gasteiger partial charge in [0.05, 0.1) is 29.9 Å². The van der Waals surface area contributed by atoms with Gasteiger partial charge in [0.25, 0.3) is 5.91 Å². The summed E-state index contributed by atoms with van der Waals surface area (Å²) < 4.78 is 1.88. The summed E-state index contributed by atoms with van der Waals surface area (Å²) in [5.41, 5.74) is 4.46. The van der Waals surface area contributed by atoms with Crippen molar-refractivity contribution in [1.82, 2.24) is 30.3 Å². The lowest BCUT2D eigenvalue weighted by Gasteiger charge is -2.09. The van der Waals surface area contributed by atoms with Crippen LogP contribution in [-0.4, -0.2) is 30.9 Å². The van der Waals surface area contributed by atoms with Gasteiger partial charge in [0.15, 0.2) is 5.65 Å². The molecule has 4 aromatic rings. The third-order valence-corrected chi connectivity index (χ3v) is 5.05. The largest absolute Gasteiger partial charge is 0.348 e. The fourth-order valence-corrected chi connectivity index (χ4v) is 3.37. The van der Waals surface area contributed by atoms with Crippen LogP contribution in [0, 0.1) is 0 Å². The van der Waals surface area contributed by atoms with Gasteiger partial charge in [-0.2, -0.15) is 10.2 Å². The van der Waals surface area contributed by atoms with Gasteiger partial charge in [-0.1, -0.05) is 30.3 Å². The predicted molar refractivity (Wildman–Crippen MR) is 105 cm³/mol. The van der Waals surface area contributed by atoms with Crippen molar-refractivity contribution in [3.8, 4) is 0 Å². The molecular formula is C21H20N6O. The number of benzene rings is 1. The van der Waals surface area contributed by atoms with Crippen molar-refractivity contribution in [3.05, 3.63) is 77.4 Å². The summed E-state index contributed by atoms with van der Waals surface area (Å²) in [4.78, 5) is 17.8. The van der Waals surface area contributed by atoms with Crippen LogP contribution in [0.15, 0.2) is 55.0 Å².